The number of anilines is 2. The van der Waals surface area contributed by atoms with Gasteiger partial charge in [0.2, 0.25) is 17.7 Å². The summed E-state index contributed by atoms with van der Waals surface area (Å²) >= 11 is 0. The summed E-state index contributed by atoms with van der Waals surface area (Å²) in [5, 5.41) is 3.20. The third kappa shape index (κ3) is 3.04. The molecule has 0 aliphatic carbocycles. The van der Waals surface area contributed by atoms with E-state index in [1.807, 2.05) is 29.8 Å². The van der Waals surface area contributed by atoms with Crippen LogP contribution in [0.25, 0.3) is 11.6 Å². The number of nitrogens with one attached hydrogen (secondary N) is 1. The minimum Gasteiger partial charge on any atom is -0.354 e. The molecule has 0 amide bonds. The van der Waals surface area contributed by atoms with Crippen LogP contribution in [0.3, 0.4) is 0 Å². The average Bonchev–Trinajstić information content (AvgIpc) is 2.93. The van der Waals surface area contributed by atoms with Gasteiger partial charge < -0.3 is 14.8 Å². The molecule has 2 rings (SSSR count). The molecule has 0 aliphatic rings. The Bertz CT molecular complexity index is 562. The molecule has 0 aliphatic heterocycles. The molecular formula is C13H21N7. The van der Waals surface area contributed by atoms with E-state index in [-0.39, 0.29) is 0 Å². The van der Waals surface area contributed by atoms with Crippen LogP contribution in [0.4, 0.5) is 11.9 Å². The fraction of sp³-hybridized carbons (Fsp3) is 0.538. The zero-order valence-electron chi connectivity index (χ0n) is 12.5. The first-order valence-corrected chi connectivity index (χ1v) is 6.84. The van der Waals surface area contributed by atoms with Crippen molar-refractivity contribution in [2.75, 3.05) is 30.9 Å². The summed E-state index contributed by atoms with van der Waals surface area (Å²) in [6.07, 6.45) is 4.70. The Morgan fingerprint density at radius 3 is 2.65 bits per heavy atom. The van der Waals surface area contributed by atoms with E-state index in [2.05, 4.69) is 39.1 Å². The summed E-state index contributed by atoms with van der Waals surface area (Å²) in [7, 11) is 3.82. The molecule has 0 spiro atoms. The van der Waals surface area contributed by atoms with Gasteiger partial charge in [-0.2, -0.15) is 15.0 Å². The highest BCUT2D eigenvalue weighted by molar-refractivity contribution is 5.50. The number of nitrogens with zero attached hydrogens (tertiary/aromatic N) is 6. The summed E-state index contributed by atoms with van der Waals surface area (Å²) in [5.74, 6) is 2.57. The van der Waals surface area contributed by atoms with Gasteiger partial charge in [-0.25, -0.2) is 4.98 Å². The maximum atomic E-state index is 4.47. The van der Waals surface area contributed by atoms with Crippen molar-refractivity contribution in [3.8, 4) is 11.6 Å². The van der Waals surface area contributed by atoms with Crippen molar-refractivity contribution >= 4 is 11.9 Å². The molecule has 20 heavy (non-hydrogen) atoms. The summed E-state index contributed by atoms with van der Waals surface area (Å²) in [6.45, 7) is 5.83. The number of rotatable bonds is 6. The molecule has 7 heteroatoms. The van der Waals surface area contributed by atoms with Gasteiger partial charge in [0.15, 0.2) is 5.82 Å². The zero-order chi connectivity index (χ0) is 14.5. The van der Waals surface area contributed by atoms with E-state index < -0.39 is 0 Å². The molecule has 0 aromatic carbocycles. The first-order chi connectivity index (χ1) is 9.65. The molecule has 108 valence electrons. The van der Waals surface area contributed by atoms with Gasteiger partial charge in [0, 0.05) is 39.6 Å². The second-order valence-corrected chi connectivity index (χ2v) is 4.64. The largest absolute Gasteiger partial charge is 0.354 e. The fourth-order valence-corrected chi connectivity index (χ4v) is 1.75. The van der Waals surface area contributed by atoms with Crippen LogP contribution < -0.4 is 10.2 Å². The molecule has 0 saturated carbocycles. The van der Waals surface area contributed by atoms with Crippen LogP contribution in [0.15, 0.2) is 12.4 Å². The molecule has 2 heterocycles. The average molecular weight is 275 g/mol. The van der Waals surface area contributed by atoms with Crippen molar-refractivity contribution in [1.82, 2.24) is 24.5 Å². The molecule has 0 unspecified atom stereocenters. The van der Waals surface area contributed by atoms with Crippen LogP contribution in [0.1, 0.15) is 20.3 Å². The van der Waals surface area contributed by atoms with Gasteiger partial charge in [-0.05, 0) is 13.3 Å². The summed E-state index contributed by atoms with van der Waals surface area (Å²) in [4.78, 5) is 19.5. The maximum Gasteiger partial charge on any atom is 0.230 e. The summed E-state index contributed by atoms with van der Waals surface area (Å²) in [5.41, 5.74) is 0. The molecule has 0 radical (unpaired) electrons. The van der Waals surface area contributed by atoms with Gasteiger partial charge >= 0.3 is 0 Å². The third-order valence-corrected chi connectivity index (χ3v) is 2.81. The van der Waals surface area contributed by atoms with Gasteiger partial charge in [0.25, 0.3) is 0 Å². The lowest BCUT2D eigenvalue weighted by atomic mass is 10.5. The van der Waals surface area contributed by atoms with Crippen molar-refractivity contribution in [3.63, 3.8) is 0 Å². The normalized spacial score (nSPS) is 10.6. The van der Waals surface area contributed by atoms with E-state index in [1.165, 1.54) is 0 Å². The van der Waals surface area contributed by atoms with Crippen LogP contribution in [0.2, 0.25) is 0 Å². The van der Waals surface area contributed by atoms with E-state index in [9.17, 15) is 0 Å². The Labute approximate surface area is 119 Å². The first kappa shape index (κ1) is 14.2. The molecule has 0 fully saturated rings. The van der Waals surface area contributed by atoms with Crippen LogP contribution in [-0.2, 0) is 6.54 Å². The van der Waals surface area contributed by atoms with Gasteiger partial charge in [0.1, 0.15) is 0 Å². The molecule has 2 aromatic heterocycles. The highest BCUT2D eigenvalue weighted by Gasteiger charge is 2.13. The van der Waals surface area contributed by atoms with E-state index >= 15 is 0 Å². The maximum absolute atomic E-state index is 4.47. The Morgan fingerprint density at radius 2 is 2.00 bits per heavy atom. The number of aromatic nitrogens is 5. The van der Waals surface area contributed by atoms with Crippen LogP contribution >= 0.6 is 0 Å². The Balaban J connectivity index is 2.43. The number of hydrogen-bond donors (Lipinski definition) is 1. The lowest BCUT2D eigenvalue weighted by Gasteiger charge is -2.13. The molecule has 0 bridgehead atoms. The van der Waals surface area contributed by atoms with Crippen molar-refractivity contribution in [3.05, 3.63) is 12.4 Å². The first-order valence-electron chi connectivity index (χ1n) is 6.84. The molecule has 7 nitrogen and oxygen atoms in total. The van der Waals surface area contributed by atoms with E-state index in [0.717, 1.165) is 25.3 Å². The minimum absolute atomic E-state index is 0.589. The second-order valence-electron chi connectivity index (χ2n) is 4.64. The summed E-state index contributed by atoms with van der Waals surface area (Å²) < 4.78 is 2.01. The summed E-state index contributed by atoms with van der Waals surface area (Å²) in [6, 6.07) is 0. The van der Waals surface area contributed by atoms with Gasteiger partial charge in [0.05, 0.1) is 0 Å². The predicted molar refractivity (Wildman–Crippen MR) is 79.8 cm³/mol. The lowest BCUT2D eigenvalue weighted by molar-refractivity contribution is 0.762. The zero-order valence-corrected chi connectivity index (χ0v) is 12.5. The van der Waals surface area contributed by atoms with Gasteiger partial charge in [-0.3, -0.25) is 0 Å². The SMILES string of the molecule is CCCNc1nc(-c2nccn2CC)nc(N(C)C)n1. The van der Waals surface area contributed by atoms with Gasteiger partial charge in [-0.15, -0.1) is 0 Å². The Morgan fingerprint density at radius 1 is 1.20 bits per heavy atom. The number of aryl methyl sites for hydroxylation is 1. The fourth-order valence-electron chi connectivity index (χ4n) is 1.75. The third-order valence-electron chi connectivity index (χ3n) is 2.81. The van der Waals surface area contributed by atoms with E-state index in [4.69, 9.17) is 0 Å². The molecule has 2 aromatic rings. The Hall–Kier alpha value is -2.18. The highest BCUT2D eigenvalue weighted by atomic mass is 15.3. The molecular weight excluding hydrogens is 254 g/mol. The smallest absolute Gasteiger partial charge is 0.230 e. The van der Waals surface area contributed by atoms with E-state index in [1.54, 1.807) is 6.20 Å². The number of imidazole rings is 1. The standard InChI is InChI=1S/C13H21N7/c1-5-7-15-12-16-10(17-13(18-12)19(3)4)11-14-8-9-20(11)6-2/h8-9H,5-7H2,1-4H3,(H,15,16,17,18). The van der Waals surface area contributed by atoms with Gasteiger partial charge in [-0.1, -0.05) is 6.92 Å². The quantitative estimate of drug-likeness (QED) is 0.864. The second kappa shape index (κ2) is 6.31. The van der Waals surface area contributed by atoms with Crippen LogP contribution in [0.5, 0.6) is 0 Å². The van der Waals surface area contributed by atoms with Crippen molar-refractivity contribution in [1.29, 1.82) is 0 Å². The minimum atomic E-state index is 0.589. The van der Waals surface area contributed by atoms with Crippen molar-refractivity contribution in [2.24, 2.45) is 0 Å². The highest BCUT2D eigenvalue weighted by Crippen LogP contribution is 2.17. The van der Waals surface area contributed by atoms with Crippen LogP contribution in [0, 0.1) is 0 Å². The lowest BCUT2D eigenvalue weighted by Crippen LogP contribution is -2.16. The molecule has 0 saturated heterocycles. The van der Waals surface area contributed by atoms with Crippen molar-refractivity contribution in [2.45, 2.75) is 26.8 Å². The Kier molecular flexibility index (Phi) is 4.49. The molecule has 0 atom stereocenters. The van der Waals surface area contributed by atoms with Crippen LogP contribution in [-0.4, -0.2) is 45.1 Å². The van der Waals surface area contributed by atoms with Crippen molar-refractivity contribution < 1.29 is 0 Å². The monoisotopic (exact) mass is 275 g/mol. The number of hydrogen-bond acceptors (Lipinski definition) is 6. The van der Waals surface area contributed by atoms with E-state index in [0.29, 0.717) is 17.7 Å². The molecule has 1 N–H and O–H groups in total. The topological polar surface area (TPSA) is 71.8 Å². The predicted octanol–water partition coefficient (Wildman–Crippen LogP) is 1.64.